The molecule has 0 bridgehead atoms. The molecule has 0 saturated carbocycles. The van der Waals surface area contributed by atoms with Crippen molar-refractivity contribution in [2.75, 3.05) is 0 Å². The lowest BCUT2D eigenvalue weighted by Gasteiger charge is -1.99. The van der Waals surface area contributed by atoms with Gasteiger partial charge in [-0.3, -0.25) is 0 Å². The molecular weight excluding hydrogens is 208 g/mol. The fourth-order valence-electron chi connectivity index (χ4n) is 1.74. The predicted octanol–water partition coefficient (Wildman–Crippen LogP) is 5.37. The highest BCUT2D eigenvalue weighted by atomic mass is 16.2. The Hall–Kier alpha value is -0.900. The normalized spacial score (nSPS) is 10.4. The minimum Gasteiger partial charge on any atom is -0.516 e. The molecule has 0 aromatic heterocycles. The first-order chi connectivity index (χ1) is 8.41. The molecule has 0 aliphatic carbocycles. The van der Waals surface area contributed by atoms with Gasteiger partial charge < -0.3 is 5.11 Å². The molecule has 0 aliphatic heterocycles. The topological polar surface area (TPSA) is 20.2 Å². The van der Waals surface area contributed by atoms with Crippen molar-refractivity contribution in [3.63, 3.8) is 0 Å². The first-order valence-electron chi connectivity index (χ1n) is 7.16. The predicted molar refractivity (Wildman–Crippen MR) is 76.0 cm³/mol. The zero-order valence-electron chi connectivity index (χ0n) is 11.4. The SMILES string of the molecule is CCCC#CCCCCCCCCC/C=C/O. The molecule has 98 valence electrons. The number of hydrogen-bond donors (Lipinski definition) is 1. The highest BCUT2D eigenvalue weighted by Crippen LogP contribution is 2.09. The van der Waals surface area contributed by atoms with Gasteiger partial charge in [0, 0.05) is 12.8 Å². The summed E-state index contributed by atoms with van der Waals surface area (Å²) in [6.07, 6.45) is 16.5. The highest BCUT2D eigenvalue weighted by molar-refractivity contribution is 4.98. The van der Waals surface area contributed by atoms with Crippen LogP contribution in [0.15, 0.2) is 12.3 Å². The lowest BCUT2D eigenvalue weighted by Crippen LogP contribution is -1.80. The standard InChI is InChI=1S/C16H28O/c1-2-3-4-5-6-7-8-9-10-11-12-13-14-15-16-17/h15-17H,2-3,6-14H2,1H3/b16-15+. The Bertz CT molecular complexity index is 219. The molecular formula is C16H28O. The molecule has 0 rings (SSSR count). The van der Waals surface area contributed by atoms with Crippen molar-refractivity contribution >= 4 is 0 Å². The number of hydrogen-bond acceptors (Lipinski definition) is 1. The quantitative estimate of drug-likeness (QED) is 0.307. The van der Waals surface area contributed by atoms with Crippen LogP contribution < -0.4 is 0 Å². The summed E-state index contributed by atoms with van der Waals surface area (Å²) in [5.41, 5.74) is 0. The Morgan fingerprint density at radius 1 is 0.824 bits per heavy atom. The Morgan fingerprint density at radius 2 is 1.41 bits per heavy atom. The largest absolute Gasteiger partial charge is 0.516 e. The van der Waals surface area contributed by atoms with Crippen LogP contribution in [0.25, 0.3) is 0 Å². The third kappa shape index (κ3) is 15.1. The number of unbranched alkanes of at least 4 members (excludes halogenated alkanes) is 9. The smallest absolute Gasteiger partial charge is 0.0751 e. The van der Waals surface area contributed by atoms with E-state index in [1.165, 1.54) is 51.4 Å². The van der Waals surface area contributed by atoms with E-state index in [1.807, 2.05) is 6.08 Å². The Labute approximate surface area is 107 Å². The molecule has 0 fully saturated rings. The second-order valence-corrected chi connectivity index (χ2v) is 4.50. The molecule has 17 heavy (non-hydrogen) atoms. The zero-order chi connectivity index (χ0) is 12.6. The van der Waals surface area contributed by atoms with Gasteiger partial charge in [-0.15, -0.1) is 11.8 Å². The molecule has 0 aromatic carbocycles. The summed E-state index contributed by atoms with van der Waals surface area (Å²) < 4.78 is 0. The fraction of sp³-hybridized carbons (Fsp3) is 0.750. The van der Waals surface area contributed by atoms with E-state index in [0.29, 0.717) is 0 Å². The van der Waals surface area contributed by atoms with Crippen LogP contribution in [0.5, 0.6) is 0 Å². The first kappa shape index (κ1) is 16.1. The van der Waals surface area contributed by atoms with Crippen molar-refractivity contribution in [1.82, 2.24) is 0 Å². The van der Waals surface area contributed by atoms with Crippen LogP contribution in [0, 0.1) is 11.8 Å². The zero-order valence-corrected chi connectivity index (χ0v) is 11.4. The van der Waals surface area contributed by atoms with Gasteiger partial charge in [-0.2, -0.15) is 0 Å². The summed E-state index contributed by atoms with van der Waals surface area (Å²) in [6, 6.07) is 0. The van der Waals surface area contributed by atoms with Crippen molar-refractivity contribution < 1.29 is 5.11 Å². The molecule has 0 spiro atoms. The first-order valence-corrected chi connectivity index (χ1v) is 7.16. The van der Waals surface area contributed by atoms with E-state index in [9.17, 15) is 0 Å². The Kier molecular flexibility index (Phi) is 14.3. The van der Waals surface area contributed by atoms with Crippen LogP contribution in [-0.2, 0) is 0 Å². The molecule has 1 nitrogen and oxygen atoms in total. The maximum atomic E-state index is 8.45. The van der Waals surface area contributed by atoms with Gasteiger partial charge in [-0.1, -0.05) is 45.1 Å². The summed E-state index contributed by atoms with van der Waals surface area (Å²) in [6.45, 7) is 2.17. The molecule has 0 aliphatic rings. The second-order valence-electron chi connectivity index (χ2n) is 4.50. The van der Waals surface area contributed by atoms with Crippen molar-refractivity contribution in [3.05, 3.63) is 12.3 Å². The van der Waals surface area contributed by atoms with E-state index in [-0.39, 0.29) is 0 Å². The third-order valence-electron chi connectivity index (χ3n) is 2.78. The van der Waals surface area contributed by atoms with E-state index < -0.39 is 0 Å². The van der Waals surface area contributed by atoms with Gasteiger partial charge in [0.25, 0.3) is 0 Å². The van der Waals surface area contributed by atoms with Crippen molar-refractivity contribution in [3.8, 4) is 11.8 Å². The number of rotatable bonds is 10. The van der Waals surface area contributed by atoms with Gasteiger partial charge in [0.1, 0.15) is 0 Å². The lowest BCUT2D eigenvalue weighted by atomic mass is 10.1. The van der Waals surface area contributed by atoms with Gasteiger partial charge in [0.05, 0.1) is 6.26 Å². The molecule has 0 aromatic rings. The van der Waals surface area contributed by atoms with E-state index in [4.69, 9.17) is 5.11 Å². The maximum Gasteiger partial charge on any atom is 0.0751 e. The van der Waals surface area contributed by atoms with Gasteiger partial charge in [-0.25, -0.2) is 0 Å². The molecule has 0 saturated heterocycles. The summed E-state index contributed by atoms with van der Waals surface area (Å²) >= 11 is 0. The van der Waals surface area contributed by atoms with E-state index in [1.54, 1.807) is 0 Å². The monoisotopic (exact) mass is 236 g/mol. The summed E-state index contributed by atoms with van der Waals surface area (Å²) in [4.78, 5) is 0. The van der Waals surface area contributed by atoms with Gasteiger partial charge >= 0.3 is 0 Å². The minimum absolute atomic E-state index is 1.02. The van der Waals surface area contributed by atoms with Gasteiger partial charge in [0.2, 0.25) is 0 Å². The average molecular weight is 236 g/mol. The molecule has 0 unspecified atom stereocenters. The van der Waals surface area contributed by atoms with Crippen molar-refractivity contribution in [2.24, 2.45) is 0 Å². The van der Waals surface area contributed by atoms with Crippen LogP contribution in [0.1, 0.15) is 77.6 Å². The third-order valence-corrected chi connectivity index (χ3v) is 2.78. The van der Waals surface area contributed by atoms with Crippen molar-refractivity contribution in [1.29, 1.82) is 0 Å². The maximum absolute atomic E-state index is 8.45. The van der Waals surface area contributed by atoms with E-state index in [2.05, 4.69) is 18.8 Å². The number of aliphatic hydroxyl groups is 1. The van der Waals surface area contributed by atoms with Gasteiger partial charge in [0.15, 0.2) is 0 Å². The summed E-state index contributed by atoms with van der Waals surface area (Å²) in [5.74, 6) is 6.42. The van der Waals surface area contributed by atoms with Crippen LogP contribution >= 0.6 is 0 Å². The molecule has 0 atom stereocenters. The van der Waals surface area contributed by atoms with E-state index >= 15 is 0 Å². The molecule has 1 N–H and O–H groups in total. The van der Waals surface area contributed by atoms with Crippen LogP contribution in [0.3, 0.4) is 0 Å². The van der Waals surface area contributed by atoms with Crippen LogP contribution in [-0.4, -0.2) is 5.11 Å². The Balaban J connectivity index is 3.01. The number of allylic oxidation sites excluding steroid dienone is 1. The van der Waals surface area contributed by atoms with Crippen LogP contribution in [0.4, 0.5) is 0 Å². The average Bonchev–Trinajstić information content (AvgIpc) is 2.35. The summed E-state index contributed by atoms with van der Waals surface area (Å²) in [7, 11) is 0. The van der Waals surface area contributed by atoms with E-state index in [0.717, 1.165) is 25.5 Å². The molecule has 1 heteroatoms. The summed E-state index contributed by atoms with van der Waals surface area (Å²) in [5, 5.41) is 8.45. The lowest BCUT2D eigenvalue weighted by molar-refractivity contribution is 0.469. The fourth-order valence-corrected chi connectivity index (χ4v) is 1.74. The minimum atomic E-state index is 1.02. The Morgan fingerprint density at radius 3 is 2.06 bits per heavy atom. The highest BCUT2D eigenvalue weighted by Gasteiger charge is 1.90. The molecule has 0 radical (unpaired) electrons. The molecule has 0 heterocycles. The van der Waals surface area contributed by atoms with Crippen LogP contribution in [0.2, 0.25) is 0 Å². The number of aliphatic hydroxyl groups excluding tert-OH is 1. The second kappa shape index (κ2) is 15.1. The molecule has 0 amide bonds. The van der Waals surface area contributed by atoms with Crippen molar-refractivity contribution in [2.45, 2.75) is 77.6 Å². The van der Waals surface area contributed by atoms with Gasteiger partial charge in [-0.05, 0) is 25.7 Å².